The largest absolute Gasteiger partial charge is 0.349 e. The van der Waals surface area contributed by atoms with E-state index in [0.717, 1.165) is 25.7 Å². The zero-order valence-electron chi connectivity index (χ0n) is 12.3. The summed E-state index contributed by atoms with van der Waals surface area (Å²) in [6.45, 7) is 0. The van der Waals surface area contributed by atoms with Crippen LogP contribution in [0, 0.1) is 0 Å². The van der Waals surface area contributed by atoms with Crippen molar-refractivity contribution in [3.63, 3.8) is 0 Å². The summed E-state index contributed by atoms with van der Waals surface area (Å²) < 4.78 is 23.4. The zero-order valence-corrected chi connectivity index (χ0v) is 14.7. The van der Waals surface area contributed by atoms with Gasteiger partial charge in [0.05, 0.1) is 10.5 Å². The number of nitrogens with one attached hydrogen (secondary N) is 1. The van der Waals surface area contributed by atoms with Crippen molar-refractivity contribution in [2.75, 3.05) is 0 Å². The van der Waals surface area contributed by atoms with Gasteiger partial charge in [0.25, 0.3) is 5.91 Å². The van der Waals surface area contributed by atoms with Gasteiger partial charge in [0.15, 0.2) is 0 Å². The molecule has 0 spiro atoms. The number of primary sulfonamides is 1. The first-order chi connectivity index (χ1) is 10.4. The summed E-state index contributed by atoms with van der Waals surface area (Å²) in [5.74, 6) is -0.261. The van der Waals surface area contributed by atoms with Crippen LogP contribution in [0.4, 0.5) is 0 Å². The Morgan fingerprint density at radius 2 is 1.73 bits per heavy atom. The predicted octanol–water partition coefficient (Wildman–Crippen LogP) is 2.94. The van der Waals surface area contributed by atoms with Crippen molar-refractivity contribution in [1.29, 1.82) is 0 Å². The van der Waals surface area contributed by atoms with Crippen molar-refractivity contribution in [1.82, 2.24) is 5.32 Å². The average Bonchev–Trinajstić information content (AvgIpc) is 2.40. The third kappa shape index (κ3) is 4.79. The molecule has 1 aromatic carbocycles. The van der Waals surface area contributed by atoms with E-state index in [9.17, 15) is 13.2 Å². The predicted molar refractivity (Wildman–Crippen MR) is 89.1 cm³/mol. The minimum absolute atomic E-state index is 0.0569. The van der Waals surface area contributed by atoms with Crippen molar-refractivity contribution >= 4 is 31.9 Å². The third-order valence-corrected chi connectivity index (χ3v) is 5.55. The fourth-order valence-corrected chi connectivity index (χ4v) is 3.69. The molecule has 7 heteroatoms. The van der Waals surface area contributed by atoms with Gasteiger partial charge in [0.2, 0.25) is 10.0 Å². The van der Waals surface area contributed by atoms with Crippen LogP contribution < -0.4 is 10.5 Å². The lowest BCUT2D eigenvalue weighted by Gasteiger charge is -2.21. The Labute approximate surface area is 139 Å². The molecule has 0 aliphatic heterocycles. The Morgan fingerprint density at radius 3 is 2.32 bits per heavy atom. The van der Waals surface area contributed by atoms with Gasteiger partial charge < -0.3 is 5.32 Å². The van der Waals surface area contributed by atoms with Crippen LogP contribution >= 0.6 is 15.9 Å². The number of sulfonamides is 1. The second kappa shape index (κ2) is 7.57. The Balaban J connectivity index is 2.14. The van der Waals surface area contributed by atoms with Gasteiger partial charge in [0, 0.05) is 10.5 Å². The lowest BCUT2D eigenvalue weighted by Crippen LogP contribution is -2.35. The van der Waals surface area contributed by atoms with Crippen LogP contribution in [0.5, 0.6) is 0 Å². The maximum Gasteiger partial charge on any atom is 0.252 e. The lowest BCUT2D eigenvalue weighted by molar-refractivity contribution is 0.0929. The molecule has 1 amide bonds. The molecule has 0 aromatic heterocycles. The molecule has 5 nitrogen and oxygen atoms in total. The maximum absolute atomic E-state index is 12.4. The fraction of sp³-hybridized carbons (Fsp3) is 0.533. The SMILES string of the molecule is NS(=O)(=O)c1ccc(Br)c(C(=O)NC2CCCCCCC2)c1. The molecular formula is C15H21BrN2O3S. The normalized spacial score (nSPS) is 17.5. The zero-order chi connectivity index (χ0) is 16.2. The molecule has 0 radical (unpaired) electrons. The molecule has 1 aliphatic carbocycles. The topological polar surface area (TPSA) is 89.3 Å². The van der Waals surface area contributed by atoms with E-state index in [-0.39, 0.29) is 16.8 Å². The summed E-state index contributed by atoms with van der Waals surface area (Å²) in [6, 6.07) is 4.38. The molecule has 1 aromatic rings. The highest BCUT2D eigenvalue weighted by Gasteiger charge is 2.19. The molecule has 122 valence electrons. The van der Waals surface area contributed by atoms with Gasteiger partial charge in [-0.15, -0.1) is 0 Å². The summed E-state index contributed by atoms with van der Waals surface area (Å²) in [5, 5.41) is 8.14. The van der Waals surface area contributed by atoms with Crippen LogP contribution in [0.3, 0.4) is 0 Å². The third-order valence-electron chi connectivity index (χ3n) is 3.95. The Hall–Kier alpha value is -0.920. The van der Waals surface area contributed by atoms with Gasteiger partial charge in [-0.2, -0.15) is 0 Å². The molecule has 0 saturated heterocycles. The molecule has 22 heavy (non-hydrogen) atoms. The fourth-order valence-electron chi connectivity index (χ4n) is 2.72. The average molecular weight is 389 g/mol. The van der Waals surface area contributed by atoms with Gasteiger partial charge in [-0.1, -0.05) is 32.1 Å². The van der Waals surface area contributed by atoms with E-state index in [1.165, 1.54) is 37.5 Å². The second-order valence-electron chi connectivity index (χ2n) is 5.70. The molecule has 1 fully saturated rings. The van der Waals surface area contributed by atoms with Crippen molar-refractivity contribution in [2.45, 2.75) is 55.9 Å². The second-order valence-corrected chi connectivity index (χ2v) is 8.12. The number of hydrogen-bond acceptors (Lipinski definition) is 3. The van der Waals surface area contributed by atoms with Crippen LogP contribution in [0.15, 0.2) is 27.6 Å². The molecule has 2 rings (SSSR count). The number of carbonyl (C=O) groups excluding carboxylic acids is 1. The molecular weight excluding hydrogens is 368 g/mol. The first kappa shape index (κ1) is 17.4. The first-order valence-corrected chi connectivity index (χ1v) is 9.85. The van der Waals surface area contributed by atoms with Gasteiger partial charge in [0.1, 0.15) is 0 Å². The van der Waals surface area contributed by atoms with Crippen LogP contribution in [0.25, 0.3) is 0 Å². The molecule has 0 bridgehead atoms. The summed E-state index contributed by atoms with van der Waals surface area (Å²) in [7, 11) is -3.82. The van der Waals surface area contributed by atoms with E-state index >= 15 is 0 Å². The number of nitrogens with two attached hydrogens (primary N) is 1. The smallest absolute Gasteiger partial charge is 0.252 e. The van der Waals surface area contributed by atoms with E-state index in [1.807, 2.05) is 0 Å². The van der Waals surface area contributed by atoms with E-state index in [2.05, 4.69) is 21.2 Å². The highest BCUT2D eigenvalue weighted by Crippen LogP contribution is 2.22. The van der Waals surface area contributed by atoms with E-state index < -0.39 is 10.0 Å². The van der Waals surface area contributed by atoms with E-state index in [4.69, 9.17) is 5.14 Å². The lowest BCUT2D eigenvalue weighted by atomic mass is 9.96. The summed E-state index contributed by atoms with van der Waals surface area (Å²) >= 11 is 3.29. The first-order valence-electron chi connectivity index (χ1n) is 7.51. The van der Waals surface area contributed by atoms with Gasteiger partial charge in [-0.05, 0) is 47.0 Å². The molecule has 1 saturated carbocycles. The highest BCUT2D eigenvalue weighted by molar-refractivity contribution is 9.10. The van der Waals surface area contributed by atoms with Crippen molar-refractivity contribution in [3.05, 3.63) is 28.2 Å². The summed E-state index contributed by atoms with van der Waals surface area (Å²) in [6.07, 6.45) is 7.85. The van der Waals surface area contributed by atoms with Gasteiger partial charge in [-0.25, -0.2) is 13.6 Å². The molecule has 0 unspecified atom stereocenters. The van der Waals surface area contributed by atoms with Crippen molar-refractivity contribution < 1.29 is 13.2 Å². The Bertz CT molecular complexity index is 638. The van der Waals surface area contributed by atoms with Crippen LogP contribution in [-0.4, -0.2) is 20.4 Å². The number of halogens is 1. The monoisotopic (exact) mass is 388 g/mol. The Morgan fingerprint density at radius 1 is 1.14 bits per heavy atom. The highest BCUT2D eigenvalue weighted by atomic mass is 79.9. The van der Waals surface area contributed by atoms with Crippen LogP contribution in [0.1, 0.15) is 55.3 Å². The number of hydrogen-bond donors (Lipinski definition) is 2. The minimum Gasteiger partial charge on any atom is -0.349 e. The van der Waals surface area contributed by atoms with Gasteiger partial charge in [-0.3, -0.25) is 4.79 Å². The minimum atomic E-state index is -3.82. The van der Waals surface area contributed by atoms with E-state index in [1.54, 1.807) is 0 Å². The molecule has 0 heterocycles. The maximum atomic E-state index is 12.4. The number of rotatable bonds is 3. The summed E-state index contributed by atoms with van der Waals surface area (Å²) in [5.41, 5.74) is 0.300. The van der Waals surface area contributed by atoms with Crippen LogP contribution in [-0.2, 0) is 10.0 Å². The number of amides is 1. The van der Waals surface area contributed by atoms with E-state index in [0.29, 0.717) is 10.0 Å². The quantitative estimate of drug-likeness (QED) is 0.833. The standard InChI is InChI=1S/C15H21BrN2O3S/c16-14-9-8-12(22(17,20)21)10-13(14)15(19)18-11-6-4-2-1-3-5-7-11/h8-11H,1-7H2,(H,18,19)(H2,17,20,21). The molecule has 0 atom stereocenters. The summed E-state index contributed by atoms with van der Waals surface area (Å²) in [4.78, 5) is 12.4. The molecule has 1 aliphatic rings. The number of carbonyl (C=O) groups is 1. The molecule has 3 N–H and O–H groups in total. The van der Waals surface area contributed by atoms with Crippen molar-refractivity contribution in [2.24, 2.45) is 5.14 Å². The Kier molecular flexibility index (Phi) is 6.00. The van der Waals surface area contributed by atoms with Crippen molar-refractivity contribution in [3.8, 4) is 0 Å². The van der Waals surface area contributed by atoms with Crippen LogP contribution in [0.2, 0.25) is 0 Å². The van der Waals surface area contributed by atoms with Gasteiger partial charge >= 0.3 is 0 Å². The number of benzene rings is 1.